The van der Waals surface area contributed by atoms with E-state index in [2.05, 4.69) is 61.8 Å². The van der Waals surface area contributed by atoms with Crippen molar-refractivity contribution in [3.63, 3.8) is 0 Å². The monoisotopic (exact) mass is 432 g/mol. The summed E-state index contributed by atoms with van der Waals surface area (Å²) in [5, 5.41) is 0. The molecule has 1 aliphatic carbocycles. The smallest absolute Gasteiger partial charge is 0.224 e. The molecule has 2 aliphatic rings. The SMILES string of the molecule is COCC1(C)CN(c2nc(N)nc3[nH]cnc23)c2cc(C#CC3(OC)CCCC3)ccc21. The van der Waals surface area contributed by atoms with Crippen LogP contribution in [0.4, 0.5) is 17.5 Å². The fraction of sp³-hybridized carbons (Fsp3) is 0.458. The molecule has 0 spiro atoms. The first-order valence-corrected chi connectivity index (χ1v) is 10.9. The Morgan fingerprint density at radius 1 is 1.22 bits per heavy atom. The number of hydrogen-bond donors (Lipinski definition) is 2. The summed E-state index contributed by atoms with van der Waals surface area (Å²) < 4.78 is 11.4. The first-order valence-electron chi connectivity index (χ1n) is 10.9. The van der Waals surface area contributed by atoms with Gasteiger partial charge in [0.2, 0.25) is 5.95 Å². The van der Waals surface area contributed by atoms with Crippen LogP contribution in [0.2, 0.25) is 0 Å². The minimum atomic E-state index is -0.328. The van der Waals surface area contributed by atoms with Crippen LogP contribution < -0.4 is 10.6 Å². The Kier molecular flexibility index (Phi) is 5.03. The number of hydrogen-bond acceptors (Lipinski definition) is 7. The number of anilines is 3. The Morgan fingerprint density at radius 3 is 2.78 bits per heavy atom. The Morgan fingerprint density at radius 2 is 2.03 bits per heavy atom. The van der Waals surface area contributed by atoms with Crippen molar-refractivity contribution in [2.45, 2.75) is 43.6 Å². The lowest BCUT2D eigenvalue weighted by Crippen LogP contribution is -2.33. The summed E-state index contributed by atoms with van der Waals surface area (Å²) >= 11 is 0. The molecule has 1 fully saturated rings. The van der Waals surface area contributed by atoms with E-state index < -0.39 is 0 Å². The molecule has 0 bridgehead atoms. The number of imidazole rings is 1. The predicted octanol–water partition coefficient (Wildman–Crippen LogP) is 3.30. The lowest BCUT2D eigenvalue weighted by Gasteiger charge is -2.25. The van der Waals surface area contributed by atoms with E-state index in [9.17, 15) is 0 Å². The summed E-state index contributed by atoms with van der Waals surface area (Å²) in [6, 6.07) is 6.36. The Labute approximate surface area is 187 Å². The molecule has 8 nitrogen and oxygen atoms in total. The summed E-state index contributed by atoms with van der Waals surface area (Å²) in [6.45, 7) is 3.47. The van der Waals surface area contributed by atoms with Gasteiger partial charge in [0.05, 0.1) is 12.9 Å². The number of nitrogens with one attached hydrogen (secondary N) is 1. The van der Waals surface area contributed by atoms with Crippen molar-refractivity contribution in [2.75, 3.05) is 38.0 Å². The molecule has 1 aliphatic heterocycles. The molecule has 1 atom stereocenters. The van der Waals surface area contributed by atoms with Crippen LogP contribution in [0.1, 0.15) is 43.7 Å². The average Bonchev–Trinajstić information content (AvgIpc) is 3.51. The maximum atomic E-state index is 6.02. The lowest BCUT2D eigenvalue weighted by molar-refractivity contribution is 0.0475. The summed E-state index contributed by atoms with van der Waals surface area (Å²) in [5.74, 6) is 7.67. The molecule has 8 heteroatoms. The molecular formula is C24H28N6O2. The summed E-state index contributed by atoms with van der Waals surface area (Å²) in [4.78, 5) is 18.5. The van der Waals surface area contributed by atoms with Gasteiger partial charge in [-0.2, -0.15) is 9.97 Å². The summed E-state index contributed by atoms with van der Waals surface area (Å²) in [5.41, 5.74) is 9.96. The van der Waals surface area contributed by atoms with Crippen molar-refractivity contribution in [3.05, 3.63) is 35.7 Å². The maximum absolute atomic E-state index is 6.02. The highest BCUT2D eigenvalue weighted by atomic mass is 16.5. The molecule has 1 aromatic carbocycles. The standard InChI is InChI=1S/C24H28N6O2/c1-23(14-31-2)13-30(21-19-20(27-15-26-19)28-22(25)29-21)18-12-16(6-7-17(18)23)8-11-24(32-3)9-4-5-10-24/h6-7,12,15H,4-5,9-10,13-14H2,1-3H3,(H3,25,26,27,28,29). The molecule has 3 heterocycles. The van der Waals surface area contributed by atoms with Gasteiger partial charge in [-0.25, -0.2) is 4.98 Å². The van der Waals surface area contributed by atoms with Gasteiger partial charge in [0, 0.05) is 37.4 Å². The van der Waals surface area contributed by atoms with Crippen molar-refractivity contribution >= 4 is 28.6 Å². The molecule has 1 unspecified atom stereocenters. The molecule has 2 aromatic heterocycles. The van der Waals surface area contributed by atoms with Gasteiger partial charge in [-0.15, -0.1) is 0 Å². The van der Waals surface area contributed by atoms with E-state index in [1.54, 1.807) is 20.5 Å². The molecule has 0 saturated heterocycles. The number of aromatic amines is 1. The third-order valence-corrected chi connectivity index (χ3v) is 6.68. The number of rotatable bonds is 4. The molecule has 32 heavy (non-hydrogen) atoms. The van der Waals surface area contributed by atoms with Crippen LogP contribution >= 0.6 is 0 Å². The quantitative estimate of drug-likeness (QED) is 0.610. The van der Waals surface area contributed by atoms with Gasteiger partial charge in [-0.05, 0) is 43.4 Å². The van der Waals surface area contributed by atoms with Crippen LogP contribution in [0.3, 0.4) is 0 Å². The first kappa shape index (κ1) is 20.7. The van der Waals surface area contributed by atoms with E-state index in [1.807, 2.05) is 0 Å². The number of H-pyrrole nitrogens is 1. The number of nitrogen functional groups attached to an aromatic ring is 1. The number of aromatic nitrogens is 4. The third-order valence-electron chi connectivity index (χ3n) is 6.68. The van der Waals surface area contributed by atoms with Crippen molar-refractivity contribution in [2.24, 2.45) is 0 Å². The van der Waals surface area contributed by atoms with Crippen LogP contribution in [-0.2, 0) is 14.9 Å². The highest BCUT2D eigenvalue weighted by Gasteiger charge is 2.41. The van der Waals surface area contributed by atoms with Crippen molar-refractivity contribution < 1.29 is 9.47 Å². The molecular weight excluding hydrogens is 404 g/mol. The van der Waals surface area contributed by atoms with E-state index in [0.29, 0.717) is 30.1 Å². The third kappa shape index (κ3) is 3.38. The summed E-state index contributed by atoms with van der Waals surface area (Å²) in [7, 11) is 3.49. The zero-order valence-electron chi connectivity index (χ0n) is 18.7. The first-order chi connectivity index (χ1) is 15.5. The number of benzene rings is 1. The van der Waals surface area contributed by atoms with Gasteiger partial charge in [-0.3, -0.25) is 0 Å². The van der Waals surface area contributed by atoms with E-state index in [-0.39, 0.29) is 17.0 Å². The normalized spacial score (nSPS) is 21.5. The number of ether oxygens (including phenoxy) is 2. The maximum Gasteiger partial charge on any atom is 0.224 e. The summed E-state index contributed by atoms with van der Waals surface area (Å²) in [6.07, 6.45) is 5.89. The fourth-order valence-electron chi connectivity index (χ4n) is 5.03. The molecule has 0 amide bonds. The second-order valence-corrected chi connectivity index (χ2v) is 8.97. The number of nitrogens with two attached hydrogens (primary N) is 1. The average molecular weight is 433 g/mol. The second-order valence-electron chi connectivity index (χ2n) is 8.97. The molecule has 1 saturated carbocycles. The van der Waals surface area contributed by atoms with Gasteiger partial charge in [0.1, 0.15) is 5.60 Å². The van der Waals surface area contributed by atoms with Gasteiger partial charge in [-0.1, -0.05) is 24.8 Å². The van der Waals surface area contributed by atoms with Crippen molar-refractivity contribution in [1.82, 2.24) is 19.9 Å². The fourth-order valence-corrected chi connectivity index (χ4v) is 5.03. The highest BCUT2D eigenvalue weighted by Crippen LogP contribution is 2.45. The van der Waals surface area contributed by atoms with Gasteiger partial charge >= 0.3 is 0 Å². The van der Waals surface area contributed by atoms with Crippen LogP contribution in [0.5, 0.6) is 0 Å². The van der Waals surface area contributed by atoms with E-state index in [0.717, 1.165) is 36.9 Å². The Hall–Kier alpha value is -3.15. The minimum Gasteiger partial charge on any atom is -0.384 e. The molecule has 5 rings (SSSR count). The second kappa shape index (κ2) is 7.76. The molecule has 166 valence electrons. The van der Waals surface area contributed by atoms with Gasteiger partial charge in [0.15, 0.2) is 17.0 Å². The zero-order chi connectivity index (χ0) is 22.3. The Balaban J connectivity index is 1.62. The molecule has 3 aromatic rings. The van der Waals surface area contributed by atoms with E-state index >= 15 is 0 Å². The van der Waals surface area contributed by atoms with Crippen molar-refractivity contribution in [1.29, 1.82) is 0 Å². The zero-order valence-corrected chi connectivity index (χ0v) is 18.7. The molecule has 3 N–H and O–H groups in total. The molecule has 0 radical (unpaired) electrons. The van der Waals surface area contributed by atoms with Crippen molar-refractivity contribution in [3.8, 4) is 11.8 Å². The Bertz CT molecular complexity index is 1220. The van der Waals surface area contributed by atoms with Crippen LogP contribution in [0, 0.1) is 11.8 Å². The minimum absolute atomic E-state index is 0.206. The lowest BCUT2D eigenvalue weighted by atomic mass is 9.85. The van der Waals surface area contributed by atoms with E-state index in [1.165, 1.54) is 5.56 Å². The number of methoxy groups -OCH3 is 2. The van der Waals surface area contributed by atoms with Crippen LogP contribution in [-0.4, -0.2) is 52.9 Å². The van der Waals surface area contributed by atoms with Crippen LogP contribution in [0.15, 0.2) is 24.5 Å². The van der Waals surface area contributed by atoms with Gasteiger partial charge < -0.3 is 25.1 Å². The predicted molar refractivity (Wildman–Crippen MR) is 124 cm³/mol. The topological polar surface area (TPSA) is 102 Å². The van der Waals surface area contributed by atoms with Gasteiger partial charge in [0.25, 0.3) is 0 Å². The highest BCUT2D eigenvalue weighted by molar-refractivity contribution is 5.89. The number of nitrogens with zero attached hydrogens (tertiary/aromatic N) is 4. The van der Waals surface area contributed by atoms with Crippen LogP contribution in [0.25, 0.3) is 11.2 Å². The largest absolute Gasteiger partial charge is 0.384 e. The number of fused-ring (bicyclic) bond motifs is 2. The van der Waals surface area contributed by atoms with E-state index in [4.69, 9.17) is 15.2 Å².